The van der Waals surface area contributed by atoms with Crippen LogP contribution in [0.4, 0.5) is 0 Å². The first-order valence-corrected chi connectivity index (χ1v) is 7.70. The second-order valence-electron chi connectivity index (χ2n) is 6.08. The molecule has 0 N–H and O–H groups in total. The zero-order valence-corrected chi connectivity index (χ0v) is 14.4. The first-order valence-electron chi connectivity index (χ1n) is 7.70. The number of carbonyl (C=O) groups is 1. The Hall–Kier alpha value is -2.74. The Bertz CT molecular complexity index is 753. The molecule has 0 spiro atoms. The Morgan fingerprint density at radius 3 is 2.67 bits per heavy atom. The Balaban J connectivity index is 2.71. The van der Waals surface area contributed by atoms with Gasteiger partial charge >= 0.3 is 5.97 Å². The highest BCUT2D eigenvalue weighted by molar-refractivity contribution is 6.03. The average Bonchev–Trinajstić information content (AvgIpc) is 2.79. The van der Waals surface area contributed by atoms with Crippen molar-refractivity contribution in [1.82, 2.24) is 0 Å². The zero-order valence-electron chi connectivity index (χ0n) is 14.4. The lowest BCUT2D eigenvalue weighted by Gasteiger charge is -2.19. The van der Waals surface area contributed by atoms with E-state index in [1.54, 1.807) is 20.1 Å². The van der Waals surface area contributed by atoms with Gasteiger partial charge in [-0.05, 0) is 47.6 Å². The van der Waals surface area contributed by atoms with Gasteiger partial charge in [-0.3, -0.25) is 0 Å². The lowest BCUT2D eigenvalue weighted by Crippen LogP contribution is -2.12. The molecule has 0 amide bonds. The van der Waals surface area contributed by atoms with Crippen LogP contribution in [-0.4, -0.2) is 19.7 Å². The highest BCUT2D eigenvalue weighted by atomic mass is 16.5. The number of nitriles is 1. The molecule has 24 heavy (non-hydrogen) atoms. The quantitative estimate of drug-likeness (QED) is 0.357. The van der Waals surface area contributed by atoms with E-state index >= 15 is 0 Å². The van der Waals surface area contributed by atoms with E-state index in [-0.39, 0.29) is 17.6 Å². The molecule has 0 atom stereocenters. The molecule has 2 rings (SSSR count). The summed E-state index contributed by atoms with van der Waals surface area (Å²) in [7, 11) is 1.57. The van der Waals surface area contributed by atoms with E-state index in [4.69, 9.17) is 14.2 Å². The number of allylic oxidation sites excluding steroid dienone is 1. The Labute approximate surface area is 142 Å². The minimum atomic E-state index is -0.597. The summed E-state index contributed by atoms with van der Waals surface area (Å²) < 4.78 is 15.8. The fraction of sp³-hybridized carbons (Fsp3) is 0.368. The summed E-state index contributed by atoms with van der Waals surface area (Å²) >= 11 is 0. The van der Waals surface area contributed by atoms with Gasteiger partial charge in [0.1, 0.15) is 11.6 Å². The summed E-state index contributed by atoms with van der Waals surface area (Å²) in [6.45, 7) is 9.62. The van der Waals surface area contributed by atoms with Gasteiger partial charge in [0.05, 0.1) is 20.0 Å². The maximum absolute atomic E-state index is 12.1. The molecule has 1 aliphatic rings. The molecular weight excluding hydrogens is 306 g/mol. The molecule has 5 nitrogen and oxygen atoms in total. The van der Waals surface area contributed by atoms with Crippen LogP contribution in [-0.2, 0) is 14.9 Å². The summed E-state index contributed by atoms with van der Waals surface area (Å²) in [5, 5.41) is 9.47. The van der Waals surface area contributed by atoms with Crippen LogP contribution in [0.2, 0.25) is 0 Å². The monoisotopic (exact) mass is 327 g/mol. The van der Waals surface area contributed by atoms with Gasteiger partial charge in [-0.2, -0.15) is 5.26 Å². The smallest absolute Gasteiger partial charge is 0.349 e. The van der Waals surface area contributed by atoms with E-state index in [9.17, 15) is 10.1 Å². The molecule has 5 heteroatoms. The molecule has 0 radical (unpaired) electrons. The van der Waals surface area contributed by atoms with Gasteiger partial charge < -0.3 is 14.2 Å². The highest BCUT2D eigenvalue weighted by Gasteiger charge is 2.37. The molecule has 1 aliphatic carbocycles. The number of hydrogen-bond donors (Lipinski definition) is 0. The maximum Gasteiger partial charge on any atom is 0.349 e. The summed E-state index contributed by atoms with van der Waals surface area (Å²) in [4.78, 5) is 12.1. The van der Waals surface area contributed by atoms with E-state index < -0.39 is 5.97 Å². The number of methoxy groups -OCH3 is 1. The lowest BCUT2D eigenvalue weighted by molar-refractivity contribution is -0.137. The van der Waals surface area contributed by atoms with Crippen molar-refractivity contribution < 1.29 is 19.0 Å². The standard InChI is InChI=1S/C19H21NO4/c1-6-23-17-8-12-13(14(11-20)18(21)24-7-2)10-19(3,4)15(12)9-16(17)22-5/h6,8-9H,1,7,10H2,2-5H3/b14-13+. The van der Waals surface area contributed by atoms with E-state index in [0.29, 0.717) is 23.5 Å². The van der Waals surface area contributed by atoms with E-state index in [1.807, 2.05) is 12.1 Å². The molecule has 0 saturated heterocycles. The molecule has 0 fully saturated rings. The zero-order chi connectivity index (χ0) is 17.9. The van der Waals surface area contributed by atoms with Crippen LogP contribution in [0.5, 0.6) is 11.5 Å². The SMILES string of the molecule is C=COc1cc2c(cc1OC)C(C)(C)C/C2=C(/C#N)C(=O)OCC. The van der Waals surface area contributed by atoms with Gasteiger partial charge in [0, 0.05) is 0 Å². The predicted octanol–water partition coefficient (Wildman–Crippen LogP) is 3.74. The minimum absolute atomic E-state index is 0.0402. The van der Waals surface area contributed by atoms with Crippen LogP contribution in [0.15, 0.2) is 30.5 Å². The minimum Gasteiger partial charge on any atom is -0.493 e. The van der Waals surface area contributed by atoms with E-state index in [1.165, 1.54) is 6.26 Å². The number of fused-ring (bicyclic) bond motifs is 1. The van der Waals surface area contributed by atoms with Gasteiger partial charge in [-0.1, -0.05) is 20.4 Å². The summed E-state index contributed by atoms with van der Waals surface area (Å²) in [5.74, 6) is 0.473. The number of carbonyl (C=O) groups excluding carboxylic acids is 1. The summed E-state index contributed by atoms with van der Waals surface area (Å²) in [5.41, 5.74) is 2.29. The molecule has 1 aromatic carbocycles. The fourth-order valence-electron chi connectivity index (χ4n) is 3.01. The van der Waals surface area contributed by atoms with Gasteiger partial charge in [-0.15, -0.1) is 0 Å². The van der Waals surface area contributed by atoms with Crippen molar-refractivity contribution in [2.45, 2.75) is 32.6 Å². The molecule has 1 aromatic rings. The highest BCUT2D eigenvalue weighted by Crippen LogP contribution is 2.50. The van der Waals surface area contributed by atoms with Crippen molar-refractivity contribution in [3.63, 3.8) is 0 Å². The number of rotatable bonds is 5. The molecular formula is C19H21NO4. The third-order valence-corrected chi connectivity index (χ3v) is 4.08. The van der Waals surface area contributed by atoms with Crippen molar-refractivity contribution >= 4 is 11.5 Å². The number of esters is 1. The average molecular weight is 327 g/mol. The first-order chi connectivity index (χ1) is 11.4. The molecule has 0 heterocycles. The van der Waals surface area contributed by atoms with Crippen molar-refractivity contribution in [3.05, 3.63) is 41.7 Å². The van der Waals surface area contributed by atoms with Crippen LogP contribution >= 0.6 is 0 Å². The van der Waals surface area contributed by atoms with Crippen LogP contribution in [0, 0.1) is 11.3 Å². The van der Waals surface area contributed by atoms with Crippen molar-refractivity contribution in [2.75, 3.05) is 13.7 Å². The molecule has 0 saturated carbocycles. The summed E-state index contributed by atoms with van der Waals surface area (Å²) in [6, 6.07) is 5.68. The third-order valence-electron chi connectivity index (χ3n) is 4.08. The molecule has 126 valence electrons. The number of ether oxygens (including phenoxy) is 3. The number of benzene rings is 1. The van der Waals surface area contributed by atoms with Crippen LogP contribution in [0.3, 0.4) is 0 Å². The second kappa shape index (κ2) is 6.79. The van der Waals surface area contributed by atoms with Gasteiger partial charge in [0.15, 0.2) is 11.5 Å². The normalized spacial score (nSPS) is 16.6. The first kappa shape index (κ1) is 17.6. The number of hydrogen-bond acceptors (Lipinski definition) is 5. The largest absolute Gasteiger partial charge is 0.493 e. The van der Waals surface area contributed by atoms with Gasteiger partial charge in [-0.25, -0.2) is 4.79 Å². The molecule has 0 bridgehead atoms. The van der Waals surface area contributed by atoms with Crippen molar-refractivity contribution in [2.24, 2.45) is 0 Å². The predicted molar refractivity (Wildman–Crippen MR) is 90.6 cm³/mol. The molecule has 0 aromatic heterocycles. The second-order valence-corrected chi connectivity index (χ2v) is 6.08. The third kappa shape index (κ3) is 3.00. The maximum atomic E-state index is 12.1. The Morgan fingerprint density at radius 1 is 1.42 bits per heavy atom. The Kier molecular flexibility index (Phi) is 4.99. The Morgan fingerprint density at radius 2 is 2.12 bits per heavy atom. The van der Waals surface area contributed by atoms with Crippen LogP contribution in [0.1, 0.15) is 38.3 Å². The molecule has 0 unspecified atom stereocenters. The fourth-order valence-corrected chi connectivity index (χ4v) is 3.01. The van der Waals surface area contributed by atoms with Crippen molar-refractivity contribution in [3.8, 4) is 17.6 Å². The van der Waals surface area contributed by atoms with Gasteiger partial charge in [0.25, 0.3) is 0 Å². The number of nitrogens with zero attached hydrogens (tertiary/aromatic N) is 1. The lowest BCUT2D eigenvalue weighted by atomic mass is 9.86. The van der Waals surface area contributed by atoms with E-state index in [2.05, 4.69) is 20.4 Å². The van der Waals surface area contributed by atoms with Crippen molar-refractivity contribution in [1.29, 1.82) is 5.26 Å². The van der Waals surface area contributed by atoms with E-state index in [0.717, 1.165) is 11.1 Å². The van der Waals surface area contributed by atoms with Crippen LogP contribution < -0.4 is 9.47 Å². The van der Waals surface area contributed by atoms with Crippen LogP contribution in [0.25, 0.3) is 5.57 Å². The summed E-state index contributed by atoms with van der Waals surface area (Å²) in [6.07, 6.45) is 1.87. The molecule has 0 aliphatic heterocycles. The van der Waals surface area contributed by atoms with Gasteiger partial charge in [0.2, 0.25) is 0 Å². The topological polar surface area (TPSA) is 68.5 Å².